The number of hydrogen-bond donors (Lipinski definition) is 2. The first-order chi connectivity index (χ1) is 15.5. The van der Waals surface area contributed by atoms with Gasteiger partial charge in [-0.25, -0.2) is 4.98 Å². The normalized spacial score (nSPS) is 13.1. The molecule has 0 unspecified atom stereocenters. The van der Waals surface area contributed by atoms with E-state index in [1.807, 2.05) is 13.8 Å². The average molecular weight is 428 g/mol. The van der Waals surface area contributed by atoms with Gasteiger partial charge in [-0.1, -0.05) is 0 Å². The number of nitrogens with one attached hydrogen (secondary N) is 1. The van der Waals surface area contributed by atoms with Crippen molar-refractivity contribution < 1.29 is 4.74 Å². The number of benzene rings is 1. The topological polar surface area (TPSA) is 125 Å². The number of hydrogen-bond acceptors (Lipinski definition) is 8. The molecular weight excluding hydrogens is 402 g/mol. The van der Waals surface area contributed by atoms with Gasteiger partial charge in [0, 0.05) is 41.7 Å². The molecule has 0 spiro atoms. The molecule has 1 aliphatic rings. The predicted octanol–water partition coefficient (Wildman–Crippen LogP) is 3.54. The number of nitriles is 1. The summed E-state index contributed by atoms with van der Waals surface area (Å²) >= 11 is 0. The highest BCUT2D eigenvalue weighted by Crippen LogP contribution is 2.27. The van der Waals surface area contributed by atoms with Crippen molar-refractivity contribution in [1.82, 2.24) is 15.2 Å². The van der Waals surface area contributed by atoms with Crippen molar-refractivity contribution in [2.75, 3.05) is 23.7 Å². The van der Waals surface area contributed by atoms with Crippen LogP contribution in [0.15, 0.2) is 36.7 Å². The molecule has 1 aliphatic heterocycles. The quantitative estimate of drug-likeness (QED) is 0.455. The molecule has 0 saturated carbocycles. The van der Waals surface area contributed by atoms with E-state index in [2.05, 4.69) is 26.2 Å². The number of aromatic nitrogens is 3. The van der Waals surface area contributed by atoms with Crippen LogP contribution in [0.2, 0.25) is 0 Å². The van der Waals surface area contributed by atoms with Crippen molar-refractivity contribution >= 4 is 17.2 Å². The standard InChI is InChI=1S/C24H25N7O/c1-15-12-29-30-16(2)21(15)14-32-19-5-6-22(26)20(10-19)23(27)18-9-17(11-25)24(28-13-18)31-7-3-4-8-31/h5-6,9-10,12-13,27H,3-4,7-8,14,26H2,1-2H3. The first-order valence-electron chi connectivity index (χ1n) is 10.5. The van der Waals surface area contributed by atoms with E-state index >= 15 is 0 Å². The van der Waals surface area contributed by atoms with Crippen LogP contribution < -0.4 is 15.4 Å². The van der Waals surface area contributed by atoms with Crippen LogP contribution in [0.25, 0.3) is 0 Å². The molecule has 3 aromatic rings. The lowest BCUT2D eigenvalue weighted by molar-refractivity contribution is 0.303. The third-order valence-electron chi connectivity index (χ3n) is 5.73. The minimum atomic E-state index is 0.197. The first-order valence-corrected chi connectivity index (χ1v) is 10.5. The highest BCUT2D eigenvalue weighted by atomic mass is 16.5. The van der Waals surface area contributed by atoms with Crippen molar-refractivity contribution in [2.24, 2.45) is 0 Å². The lowest BCUT2D eigenvalue weighted by atomic mass is 10.0. The minimum absolute atomic E-state index is 0.197. The van der Waals surface area contributed by atoms with E-state index in [4.69, 9.17) is 15.9 Å². The van der Waals surface area contributed by atoms with Crippen molar-refractivity contribution in [1.29, 1.82) is 10.7 Å². The van der Waals surface area contributed by atoms with Crippen LogP contribution >= 0.6 is 0 Å². The van der Waals surface area contributed by atoms with Gasteiger partial charge in [-0.2, -0.15) is 15.5 Å². The van der Waals surface area contributed by atoms with Crippen LogP contribution in [-0.4, -0.2) is 34.0 Å². The molecule has 0 bridgehead atoms. The molecule has 1 saturated heterocycles. The van der Waals surface area contributed by atoms with Gasteiger partial charge in [0.25, 0.3) is 0 Å². The molecule has 3 heterocycles. The largest absolute Gasteiger partial charge is 0.489 e. The van der Waals surface area contributed by atoms with Gasteiger partial charge in [-0.15, -0.1) is 0 Å². The Kier molecular flexibility index (Phi) is 5.99. The monoisotopic (exact) mass is 427 g/mol. The summed E-state index contributed by atoms with van der Waals surface area (Å²) in [4.78, 5) is 6.62. The van der Waals surface area contributed by atoms with Gasteiger partial charge in [0.15, 0.2) is 0 Å². The Morgan fingerprint density at radius 1 is 1.22 bits per heavy atom. The second kappa shape index (κ2) is 9.02. The van der Waals surface area contributed by atoms with E-state index in [0.717, 1.165) is 42.8 Å². The van der Waals surface area contributed by atoms with Crippen molar-refractivity contribution in [2.45, 2.75) is 33.3 Å². The van der Waals surface area contributed by atoms with Crippen molar-refractivity contribution in [3.8, 4) is 11.8 Å². The molecule has 3 N–H and O–H groups in total. The lowest BCUT2D eigenvalue weighted by Crippen LogP contribution is -2.20. The SMILES string of the molecule is Cc1cnnc(C)c1COc1ccc(N)c(C(=N)c2cnc(N3CCCC3)c(C#N)c2)c1. The molecule has 0 aliphatic carbocycles. The van der Waals surface area contributed by atoms with E-state index in [1.54, 1.807) is 36.7 Å². The van der Waals surface area contributed by atoms with Gasteiger partial charge in [-0.05, 0) is 56.5 Å². The number of ether oxygens (including phenoxy) is 1. The third-order valence-corrected chi connectivity index (χ3v) is 5.73. The molecule has 0 amide bonds. The molecule has 32 heavy (non-hydrogen) atoms. The van der Waals surface area contributed by atoms with Gasteiger partial charge in [0.1, 0.15) is 24.2 Å². The van der Waals surface area contributed by atoms with Gasteiger partial charge in [0.05, 0.1) is 23.2 Å². The number of rotatable bonds is 6. The number of nitrogens with zero attached hydrogens (tertiary/aromatic N) is 5. The van der Waals surface area contributed by atoms with Gasteiger partial charge < -0.3 is 15.4 Å². The fourth-order valence-corrected chi connectivity index (χ4v) is 3.85. The summed E-state index contributed by atoms with van der Waals surface area (Å²) in [5, 5.41) is 26.4. The summed E-state index contributed by atoms with van der Waals surface area (Å²) < 4.78 is 5.97. The number of pyridine rings is 1. The van der Waals surface area contributed by atoms with Crippen LogP contribution in [0.3, 0.4) is 0 Å². The highest BCUT2D eigenvalue weighted by Gasteiger charge is 2.19. The minimum Gasteiger partial charge on any atom is -0.489 e. The highest BCUT2D eigenvalue weighted by molar-refractivity contribution is 6.14. The molecule has 8 nitrogen and oxygen atoms in total. The molecule has 162 valence electrons. The molecule has 0 atom stereocenters. The van der Waals surface area contributed by atoms with E-state index in [0.29, 0.717) is 40.6 Å². The molecule has 8 heteroatoms. The molecule has 1 aromatic carbocycles. The Morgan fingerprint density at radius 2 is 2.00 bits per heavy atom. The van der Waals surface area contributed by atoms with E-state index in [-0.39, 0.29) is 5.71 Å². The summed E-state index contributed by atoms with van der Waals surface area (Å²) in [5.41, 5.74) is 11.2. The van der Waals surface area contributed by atoms with Gasteiger partial charge >= 0.3 is 0 Å². The van der Waals surface area contributed by atoms with Crippen LogP contribution in [0, 0.1) is 30.6 Å². The maximum absolute atomic E-state index is 9.64. The van der Waals surface area contributed by atoms with Crippen LogP contribution in [-0.2, 0) is 6.61 Å². The fraction of sp³-hybridized carbons (Fsp3) is 0.292. The third kappa shape index (κ3) is 4.23. The van der Waals surface area contributed by atoms with Crippen molar-refractivity contribution in [3.63, 3.8) is 0 Å². The Labute approximate surface area is 187 Å². The maximum Gasteiger partial charge on any atom is 0.146 e. The van der Waals surface area contributed by atoms with Crippen molar-refractivity contribution in [3.05, 3.63) is 70.2 Å². The summed E-state index contributed by atoms with van der Waals surface area (Å²) in [6, 6.07) is 9.19. The molecular formula is C24H25N7O. The molecule has 2 aromatic heterocycles. The Bertz CT molecular complexity index is 1190. The van der Waals surface area contributed by atoms with Gasteiger partial charge in [0.2, 0.25) is 0 Å². The smallest absolute Gasteiger partial charge is 0.146 e. The second-order valence-corrected chi connectivity index (χ2v) is 7.91. The second-order valence-electron chi connectivity index (χ2n) is 7.91. The average Bonchev–Trinajstić information content (AvgIpc) is 3.33. The molecule has 1 fully saturated rings. The summed E-state index contributed by atoms with van der Waals surface area (Å²) in [6.07, 6.45) is 5.55. The van der Waals surface area contributed by atoms with Gasteiger partial charge in [-0.3, -0.25) is 5.41 Å². The van der Waals surface area contributed by atoms with E-state index < -0.39 is 0 Å². The lowest BCUT2D eigenvalue weighted by Gasteiger charge is -2.18. The fourth-order valence-electron chi connectivity index (χ4n) is 3.85. The van der Waals surface area contributed by atoms with Crippen LogP contribution in [0.1, 0.15) is 46.4 Å². The van der Waals surface area contributed by atoms with E-state index in [9.17, 15) is 5.26 Å². The van der Waals surface area contributed by atoms with Crippen LogP contribution in [0.4, 0.5) is 11.5 Å². The number of nitrogens with two attached hydrogens (primary N) is 1. The Hall–Kier alpha value is -3.99. The summed E-state index contributed by atoms with van der Waals surface area (Å²) in [5.74, 6) is 1.28. The zero-order chi connectivity index (χ0) is 22.7. The summed E-state index contributed by atoms with van der Waals surface area (Å²) in [7, 11) is 0. The summed E-state index contributed by atoms with van der Waals surface area (Å²) in [6.45, 7) is 6.01. The number of nitrogen functional groups attached to an aromatic ring is 1. The zero-order valence-electron chi connectivity index (χ0n) is 18.2. The maximum atomic E-state index is 9.64. The van der Waals surface area contributed by atoms with Crippen LogP contribution in [0.5, 0.6) is 5.75 Å². The molecule has 4 rings (SSSR count). The predicted molar refractivity (Wildman–Crippen MR) is 123 cm³/mol. The first kappa shape index (κ1) is 21.2. The van der Waals surface area contributed by atoms with E-state index in [1.165, 1.54) is 0 Å². The number of anilines is 2. The number of aryl methyl sites for hydroxylation is 2. The Balaban J connectivity index is 1.58. The zero-order valence-corrected chi connectivity index (χ0v) is 18.2. The Morgan fingerprint density at radius 3 is 2.72 bits per heavy atom. The molecule has 0 radical (unpaired) electrons.